The lowest BCUT2D eigenvalue weighted by Crippen LogP contribution is -2.43. The molecule has 19 heavy (non-hydrogen) atoms. The van der Waals surface area contributed by atoms with Gasteiger partial charge in [-0.2, -0.15) is 8.78 Å². The molecule has 0 unspecified atom stereocenters. The van der Waals surface area contributed by atoms with Gasteiger partial charge in [0.1, 0.15) is 0 Å². The average molecular weight is 288 g/mol. The fourth-order valence-electron chi connectivity index (χ4n) is 1.45. The summed E-state index contributed by atoms with van der Waals surface area (Å²) in [6.07, 6.45) is 0. The predicted octanol–water partition coefficient (Wildman–Crippen LogP) is 3.33. The summed E-state index contributed by atoms with van der Waals surface area (Å²) in [5, 5.41) is 5.67. The molecule has 0 aliphatic heterocycles. The number of carbonyl (C=O) groups excluding carboxylic acids is 1. The first kappa shape index (κ1) is 15.8. The molecule has 1 rings (SSSR count). The summed E-state index contributed by atoms with van der Waals surface area (Å²) < 4.78 is 24.8. The van der Waals surface area contributed by atoms with E-state index in [0.717, 1.165) is 0 Å². The van der Waals surface area contributed by atoms with Crippen LogP contribution in [0.5, 0.6) is 0 Å². The van der Waals surface area contributed by atoms with Crippen LogP contribution in [-0.2, 0) is 4.79 Å². The van der Waals surface area contributed by atoms with Gasteiger partial charge in [-0.3, -0.25) is 4.79 Å². The lowest BCUT2D eigenvalue weighted by molar-refractivity contribution is -0.120. The third-order valence-corrected chi connectivity index (χ3v) is 2.85. The fraction of sp³-hybridized carbons (Fsp3) is 0.462. The number of rotatable bonds is 5. The highest BCUT2D eigenvalue weighted by molar-refractivity contribution is 7.99. The van der Waals surface area contributed by atoms with Crippen molar-refractivity contribution in [2.75, 3.05) is 11.9 Å². The van der Waals surface area contributed by atoms with Gasteiger partial charge in [0.2, 0.25) is 5.91 Å². The molecule has 3 nitrogen and oxygen atoms in total. The van der Waals surface area contributed by atoms with Gasteiger partial charge in [-0.25, -0.2) is 0 Å². The van der Waals surface area contributed by atoms with Crippen molar-refractivity contribution in [3.05, 3.63) is 24.3 Å². The van der Waals surface area contributed by atoms with Crippen LogP contribution in [0.4, 0.5) is 14.5 Å². The predicted molar refractivity (Wildman–Crippen MR) is 74.7 cm³/mol. The van der Waals surface area contributed by atoms with Crippen LogP contribution in [-0.4, -0.2) is 23.7 Å². The number of benzene rings is 1. The minimum atomic E-state index is -2.48. The maximum Gasteiger partial charge on any atom is 0.288 e. The van der Waals surface area contributed by atoms with E-state index in [-0.39, 0.29) is 18.0 Å². The fourth-order valence-corrected chi connectivity index (χ4v) is 2.07. The van der Waals surface area contributed by atoms with E-state index in [9.17, 15) is 13.6 Å². The molecule has 0 saturated carbocycles. The first-order valence-electron chi connectivity index (χ1n) is 5.86. The summed E-state index contributed by atoms with van der Waals surface area (Å²) >= 11 is 0.462. The zero-order chi connectivity index (χ0) is 14.5. The van der Waals surface area contributed by atoms with Crippen LogP contribution in [0.1, 0.15) is 20.8 Å². The summed E-state index contributed by atoms with van der Waals surface area (Å²) in [6, 6.07) is 6.69. The minimum Gasteiger partial charge on any atom is -0.375 e. The van der Waals surface area contributed by atoms with E-state index in [4.69, 9.17) is 0 Å². The smallest absolute Gasteiger partial charge is 0.288 e. The van der Waals surface area contributed by atoms with Crippen LogP contribution in [0.15, 0.2) is 29.2 Å². The van der Waals surface area contributed by atoms with Crippen LogP contribution in [0.25, 0.3) is 0 Å². The van der Waals surface area contributed by atoms with Crippen LogP contribution < -0.4 is 10.6 Å². The number of halogens is 2. The van der Waals surface area contributed by atoms with Crippen molar-refractivity contribution in [2.24, 2.45) is 0 Å². The molecule has 2 N–H and O–H groups in total. The number of alkyl halides is 2. The third-order valence-electron chi connectivity index (χ3n) is 2.06. The van der Waals surface area contributed by atoms with Crippen molar-refractivity contribution < 1.29 is 13.6 Å². The highest BCUT2D eigenvalue weighted by Crippen LogP contribution is 2.31. The summed E-state index contributed by atoms with van der Waals surface area (Å²) in [4.78, 5) is 12.1. The molecule has 0 heterocycles. The molecule has 1 amide bonds. The van der Waals surface area contributed by atoms with Gasteiger partial charge in [0.05, 0.1) is 6.54 Å². The standard InChI is InChI=1S/C13H18F2N2OS/c1-13(2,3)17-11(18)8-16-9-6-4-5-7-10(9)19-12(14)15/h4-7,12,16H,8H2,1-3H3,(H,17,18). The van der Waals surface area contributed by atoms with E-state index >= 15 is 0 Å². The summed E-state index contributed by atoms with van der Waals surface area (Å²) in [5.41, 5.74) is 0.229. The van der Waals surface area contributed by atoms with Gasteiger partial charge in [0.15, 0.2) is 0 Å². The van der Waals surface area contributed by atoms with E-state index in [2.05, 4.69) is 10.6 Å². The van der Waals surface area contributed by atoms with Crippen molar-refractivity contribution in [1.82, 2.24) is 5.32 Å². The molecule has 0 fully saturated rings. The second kappa shape index (κ2) is 6.75. The van der Waals surface area contributed by atoms with Gasteiger partial charge in [-0.05, 0) is 32.9 Å². The molecular formula is C13H18F2N2OS. The Bertz CT molecular complexity index is 433. The molecule has 6 heteroatoms. The summed E-state index contributed by atoms with van der Waals surface area (Å²) in [5.74, 6) is -2.66. The molecule has 1 aromatic rings. The van der Waals surface area contributed by atoms with E-state index < -0.39 is 5.76 Å². The van der Waals surface area contributed by atoms with Gasteiger partial charge in [-0.1, -0.05) is 23.9 Å². The Kier molecular flexibility index (Phi) is 5.60. The van der Waals surface area contributed by atoms with Crippen molar-refractivity contribution in [1.29, 1.82) is 0 Å². The monoisotopic (exact) mass is 288 g/mol. The summed E-state index contributed by atoms with van der Waals surface area (Å²) in [6.45, 7) is 5.70. The topological polar surface area (TPSA) is 41.1 Å². The molecule has 0 aromatic heterocycles. The van der Waals surface area contributed by atoms with E-state index in [1.54, 1.807) is 24.3 Å². The number of hydrogen-bond acceptors (Lipinski definition) is 3. The Morgan fingerprint density at radius 1 is 1.32 bits per heavy atom. The van der Waals surface area contributed by atoms with Crippen LogP contribution in [0.3, 0.4) is 0 Å². The van der Waals surface area contributed by atoms with Gasteiger partial charge >= 0.3 is 0 Å². The Balaban J connectivity index is 2.60. The maximum atomic E-state index is 12.4. The molecule has 0 aliphatic rings. The van der Waals surface area contributed by atoms with Crippen molar-refractivity contribution in [2.45, 2.75) is 37.0 Å². The number of anilines is 1. The molecule has 0 saturated heterocycles. The average Bonchev–Trinajstić information content (AvgIpc) is 2.24. The number of carbonyl (C=O) groups is 1. The number of para-hydroxylation sites is 1. The zero-order valence-electron chi connectivity index (χ0n) is 11.2. The van der Waals surface area contributed by atoms with Crippen molar-refractivity contribution >= 4 is 23.4 Å². The zero-order valence-corrected chi connectivity index (χ0v) is 12.0. The number of amides is 1. The Labute approximate surface area is 116 Å². The van der Waals surface area contributed by atoms with Gasteiger partial charge in [-0.15, -0.1) is 0 Å². The van der Waals surface area contributed by atoms with Crippen molar-refractivity contribution in [3.8, 4) is 0 Å². The first-order chi connectivity index (χ1) is 8.78. The number of hydrogen-bond donors (Lipinski definition) is 2. The second-order valence-corrected chi connectivity index (χ2v) is 6.06. The van der Waals surface area contributed by atoms with Crippen molar-refractivity contribution in [3.63, 3.8) is 0 Å². The quantitative estimate of drug-likeness (QED) is 0.817. The Morgan fingerprint density at radius 2 is 1.95 bits per heavy atom. The number of thioether (sulfide) groups is 1. The van der Waals surface area contributed by atoms with Crippen LogP contribution in [0.2, 0.25) is 0 Å². The molecule has 0 spiro atoms. The molecule has 106 valence electrons. The highest BCUT2D eigenvalue weighted by Gasteiger charge is 2.14. The summed E-state index contributed by atoms with van der Waals surface area (Å²) in [7, 11) is 0. The van der Waals surface area contributed by atoms with E-state index in [0.29, 0.717) is 22.3 Å². The molecule has 0 bridgehead atoms. The Hall–Kier alpha value is -1.30. The molecule has 1 aromatic carbocycles. The SMILES string of the molecule is CC(C)(C)NC(=O)CNc1ccccc1SC(F)F. The normalized spacial score (nSPS) is 11.5. The highest BCUT2D eigenvalue weighted by atomic mass is 32.2. The van der Waals surface area contributed by atoms with Gasteiger partial charge < -0.3 is 10.6 Å². The molecule has 0 atom stereocenters. The molecular weight excluding hydrogens is 270 g/mol. The first-order valence-corrected chi connectivity index (χ1v) is 6.74. The molecule has 0 radical (unpaired) electrons. The Morgan fingerprint density at radius 3 is 2.53 bits per heavy atom. The largest absolute Gasteiger partial charge is 0.375 e. The van der Waals surface area contributed by atoms with Gasteiger partial charge in [0.25, 0.3) is 5.76 Å². The van der Waals surface area contributed by atoms with E-state index in [1.807, 2.05) is 20.8 Å². The minimum absolute atomic E-state index is 0.0537. The lowest BCUT2D eigenvalue weighted by atomic mass is 10.1. The van der Waals surface area contributed by atoms with Crippen LogP contribution >= 0.6 is 11.8 Å². The van der Waals surface area contributed by atoms with Crippen LogP contribution in [0, 0.1) is 0 Å². The van der Waals surface area contributed by atoms with E-state index in [1.165, 1.54) is 0 Å². The number of nitrogens with one attached hydrogen (secondary N) is 2. The lowest BCUT2D eigenvalue weighted by Gasteiger charge is -2.21. The second-order valence-electron chi connectivity index (χ2n) is 5.03. The molecule has 0 aliphatic carbocycles. The van der Waals surface area contributed by atoms with Gasteiger partial charge in [0, 0.05) is 16.1 Å². The third kappa shape index (κ3) is 6.42. The maximum absolute atomic E-state index is 12.4.